The fraction of sp³-hybridized carbons (Fsp3) is 0.143. The van der Waals surface area contributed by atoms with Gasteiger partial charge in [0, 0.05) is 13.6 Å². The predicted molar refractivity (Wildman–Crippen MR) is 75.7 cm³/mol. The molecule has 4 N–H and O–H groups in total. The Labute approximate surface area is 116 Å². The molecule has 1 aromatic carbocycles. The number of nitrogens with two attached hydrogens (primary N) is 2. The first-order valence-corrected chi connectivity index (χ1v) is 5.99. The van der Waals surface area contributed by atoms with Crippen LogP contribution in [-0.4, -0.2) is 17.9 Å². The van der Waals surface area contributed by atoms with Crippen LogP contribution in [0.25, 0.3) is 0 Å². The van der Waals surface area contributed by atoms with Crippen molar-refractivity contribution >= 4 is 17.4 Å². The van der Waals surface area contributed by atoms with E-state index >= 15 is 0 Å². The monoisotopic (exact) mass is 274 g/mol. The maximum Gasteiger partial charge on any atom is 0.267 e. The third-order valence-corrected chi connectivity index (χ3v) is 2.83. The van der Waals surface area contributed by atoms with Crippen molar-refractivity contribution in [2.45, 2.75) is 6.54 Å². The minimum absolute atomic E-state index is 0.139. The number of primary amides is 1. The van der Waals surface area contributed by atoms with Crippen molar-refractivity contribution in [2.75, 3.05) is 17.7 Å². The second-order valence-electron chi connectivity index (χ2n) is 4.46. The zero-order valence-electron chi connectivity index (χ0n) is 11.0. The molecular formula is C14H15FN4O. The smallest absolute Gasteiger partial charge is 0.267 e. The van der Waals surface area contributed by atoms with Crippen molar-refractivity contribution in [2.24, 2.45) is 5.73 Å². The Bertz CT molecular complexity index is 645. The summed E-state index contributed by atoms with van der Waals surface area (Å²) in [5.41, 5.74) is 12.4. The van der Waals surface area contributed by atoms with Gasteiger partial charge < -0.3 is 16.4 Å². The van der Waals surface area contributed by atoms with Crippen molar-refractivity contribution in [1.29, 1.82) is 0 Å². The molecule has 0 fully saturated rings. The van der Waals surface area contributed by atoms with Crippen molar-refractivity contribution in [3.8, 4) is 0 Å². The molecule has 0 spiro atoms. The van der Waals surface area contributed by atoms with E-state index in [-0.39, 0.29) is 11.5 Å². The van der Waals surface area contributed by atoms with E-state index in [4.69, 9.17) is 11.5 Å². The molecular weight excluding hydrogens is 259 g/mol. The molecule has 0 unspecified atom stereocenters. The lowest BCUT2D eigenvalue weighted by molar-refractivity contribution is 0.0995. The molecule has 1 heterocycles. The number of anilines is 2. The average Bonchev–Trinajstić information content (AvgIpc) is 2.38. The maximum absolute atomic E-state index is 13.1. The Morgan fingerprint density at radius 1 is 1.35 bits per heavy atom. The fourth-order valence-corrected chi connectivity index (χ4v) is 1.89. The summed E-state index contributed by atoms with van der Waals surface area (Å²) in [5, 5.41) is 0. The largest absolute Gasteiger partial charge is 0.396 e. The summed E-state index contributed by atoms with van der Waals surface area (Å²) in [7, 11) is 1.76. The number of aromatic nitrogens is 1. The summed E-state index contributed by atoms with van der Waals surface area (Å²) < 4.78 is 13.1. The second-order valence-corrected chi connectivity index (χ2v) is 4.46. The molecule has 104 valence electrons. The molecule has 6 heteroatoms. The topological polar surface area (TPSA) is 85.2 Å². The van der Waals surface area contributed by atoms with E-state index in [1.165, 1.54) is 18.2 Å². The summed E-state index contributed by atoms with van der Waals surface area (Å²) in [6, 6.07) is 9.29. The number of amides is 1. The van der Waals surface area contributed by atoms with Crippen LogP contribution in [0.5, 0.6) is 0 Å². The Morgan fingerprint density at radius 2 is 2.10 bits per heavy atom. The van der Waals surface area contributed by atoms with Gasteiger partial charge in [0.2, 0.25) is 0 Å². The highest BCUT2D eigenvalue weighted by Gasteiger charge is 2.11. The third kappa shape index (κ3) is 3.03. The number of carbonyl (C=O) groups is 1. The molecule has 5 nitrogen and oxygen atoms in total. The van der Waals surface area contributed by atoms with E-state index < -0.39 is 5.91 Å². The van der Waals surface area contributed by atoms with Crippen LogP contribution in [0.1, 0.15) is 16.1 Å². The summed E-state index contributed by atoms with van der Waals surface area (Å²) in [6.07, 6.45) is 0. The second kappa shape index (κ2) is 5.56. The van der Waals surface area contributed by atoms with Crippen molar-refractivity contribution < 1.29 is 9.18 Å². The van der Waals surface area contributed by atoms with Crippen molar-refractivity contribution in [1.82, 2.24) is 4.98 Å². The highest BCUT2D eigenvalue weighted by Crippen LogP contribution is 2.21. The van der Waals surface area contributed by atoms with Crippen molar-refractivity contribution in [3.05, 3.63) is 53.5 Å². The molecule has 20 heavy (non-hydrogen) atoms. The van der Waals surface area contributed by atoms with E-state index in [2.05, 4.69) is 4.98 Å². The standard InChI is InChI=1S/C14H15FN4O/c1-19(8-9-3-2-4-10(15)7-9)14-11(16)5-6-12(18-14)13(17)20/h2-7H,8,16H2,1H3,(H2,17,20). The van der Waals surface area contributed by atoms with E-state index in [1.54, 1.807) is 30.1 Å². The van der Waals surface area contributed by atoms with Crippen LogP contribution >= 0.6 is 0 Å². The lowest BCUT2D eigenvalue weighted by Crippen LogP contribution is -2.21. The number of nitrogen functional groups attached to an aromatic ring is 1. The summed E-state index contributed by atoms with van der Waals surface area (Å²) in [5.74, 6) is -0.487. The highest BCUT2D eigenvalue weighted by atomic mass is 19.1. The molecule has 1 aromatic heterocycles. The average molecular weight is 274 g/mol. The molecule has 0 saturated heterocycles. The van der Waals surface area contributed by atoms with E-state index in [0.29, 0.717) is 18.1 Å². The Kier molecular flexibility index (Phi) is 3.84. The Morgan fingerprint density at radius 3 is 2.75 bits per heavy atom. The lowest BCUT2D eigenvalue weighted by atomic mass is 10.2. The Hall–Kier alpha value is -2.63. The fourth-order valence-electron chi connectivity index (χ4n) is 1.89. The SMILES string of the molecule is CN(Cc1cccc(F)c1)c1nc(C(N)=O)ccc1N. The molecule has 0 aliphatic heterocycles. The van der Waals surface area contributed by atoms with Crippen LogP contribution in [0.15, 0.2) is 36.4 Å². The van der Waals surface area contributed by atoms with Crippen molar-refractivity contribution in [3.63, 3.8) is 0 Å². The maximum atomic E-state index is 13.1. The summed E-state index contributed by atoms with van der Waals surface area (Å²) in [4.78, 5) is 17.0. The van der Waals surface area contributed by atoms with Crippen LogP contribution in [0.2, 0.25) is 0 Å². The molecule has 0 aliphatic rings. The van der Waals surface area contributed by atoms with Gasteiger partial charge in [-0.3, -0.25) is 4.79 Å². The van der Waals surface area contributed by atoms with Gasteiger partial charge in [0.15, 0.2) is 5.82 Å². The van der Waals surface area contributed by atoms with Gasteiger partial charge in [0.1, 0.15) is 11.5 Å². The third-order valence-electron chi connectivity index (χ3n) is 2.83. The molecule has 0 radical (unpaired) electrons. The van der Waals surface area contributed by atoms with Gasteiger partial charge in [-0.25, -0.2) is 9.37 Å². The van der Waals surface area contributed by atoms with E-state index in [9.17, 15) is 9.18 Å². The molecule has 0 bridgehead atoms. The number of hydrogen-bond donors (Lipinski definition) is 2. The van der Waals surface area contributed by atoms with Gasteiger partial charge in [-0.1, -0.05) is 12.1 Å². The van der Waals surface area contributed by atoms with Gasteiger partial charge in [0.25, 0.3) is 5.91 Å². The van der Waals surface area contributed by atoms with Crippen LogP contribution in [0, 0.1) is 5.82 Å². The molecule has 0 aliphatic carbocycles. The quantitative estimate of drug-likeness (QED) is 0.885. The Balaban J connectivity index is 2.26. The zero-order chi connectivity index (χ0) is 14.7. The minimum atomic E-state index is -0.620. The van der Waals surface area contributed by atoms with Gasteiger partial charge in [0.05, 0.1) is 5.69 Å². The first-order chi connectivity index (χ1) is 9.47. The molecule has 0 atom stereocenters. The number of carbonyl (C=O) groups excluding carboxylic acids is 1. The van der Waals surface area contributed by atoms with Crippen LogP contribution in [-0.2, 0) is 6.54 Å². The highest BCUT2D eigenvalue weighted by molar-refractivity contribution is 5.91. The number of nitrogens with zero attached hydrogens (tertiary/aromatic N) is 2. The van der Waals surface area contributed by atoms with Crippen LogP contribution in [0.3, 0.4) is 0 Å². The predicted octanol–water partition coefficient (Wildman–Crippen LogP) is 1.54. The van der Waals surface area contributed by atoms with E-state index in [1.807, 2.05) is 0 Å². The molecule has 0 saturated carbocycles. The van der Waals surface area contributed by atoms with Gasteiger partial charge >= 0.3 is 0 Å². The first kappa shape index (κ1) is 13.8. The minimum Gasteiger partial charge on any atom is -0.396 e. The number of halogens is 1. The van der Waals surface area contributed by atoms with Gasteiger partial charge in [-0.05, 0) is 29.8 Å². The number of hydrogen-bond acceptors (Lipinski definition) is 4. The molecule has 2 rings (SSSR count). The number of benzene rings is 1. The van der Waals surface area contributed by atoms with Gasteiger partial charge in [-0.15, -0.1) is 0 Å². The zero-order valence-corrected chi connectivity index (χ0v) is 11.0. The van der Waals surface area contributed by atoms with E-state index in [0.717, 1.165) is 5.56 Å². The summed E-state index contributed by atoms with van der Waals surface area (Å²) >= 11 is 0. The molecule has 1 amide bonds. The first-order valence-electron chi connectivity index (χ1n) is 5.99. The van der Waals surface area contributed by atoms with Gasteiger partial charge in [-0.2, -0.15) is 0 Å². The lowest BCUT2D eigenvalue weighted by Gasteiger charge is -2.20. The van der Waals surface area contributed by atoms with Crippen LogP contribution in [0.4, 0.5) is 15.9 Å². The number of rotatable bonds is 4. The normalized spacial score (nSPS) is 10.3. The van der Waals surface area contributed by atoms with Crippen LogP contribution < -0.4 is 16.4 Å². The molecule has 2 aromatic rings. The number of pyridine rings is 1. The summed E-state index contributed by atoms with van der Waals surface area (Å²) in [6.45, 7) is 0.414.